The molecule has 0 atom stereocenters. The summed E-state index contributed by atoms with van der Waals surface area (Å²) in [5.74, 6) is 0.454. The lowest BCUT2D eigenvalue weighted by Gasteiger charge is -2.34. The average Bonchev–Trinajstić information content (AvgIpc) is 3.53. The molecule has 6 nitrogen and oxygen atoms in total. The molecule has 2 N–H and O–H groups in total. The number of nitrogens with two attached hydrogens (primary N) is 1. The third-order valence-electron chi connectivity index (χ3n) is 5.39. The van der Waals surface area contributed by atoms with Crippen molar-refractivity contribution in [3.63, 3.8) is 0 Å². The fraction of sp³-hybridized carbons (Fsp3) is 0.417. The Labute approximate surface area is 179 Å². The molecule has 2 aromatic heterocycles. The van der Waals surface area contributed by atoms with Gasteiger partial charge in [0.25, 0.3) is 0 Å². The van der Waals surface area contributed by atoms with Crippen molar-refractivity contribution in [2.75, 3.05) is 43.9 Å². The topological polar surface area (TPSA) is 66.9 Å². The van der Waals surface area contributed by atoms with Crippen molar-refractivity contribution < 1.29 is 4.79 Å². The molecule has 5 rings (SSSR count). The number of nitrogens with zero attached hydrogens (tertiary/aromatic N) is 4. The van der Waals surface area contributed by atoms with E-state index in [4.69, 9.17) is 5.73 Å². The first kappa shape index (κ1) is 21.8. The summed E-state index contributed by atoms with van der Waals surface area (Å²) in [4.78, 5) is 14.4. The van der Waals surface area contributed by atoms with Crippen molar-refractivity contribution in [2.24, 2.45) is 5.92 Å². The van der Waals surface area contributed by atoms with Gasteiger partial charge in [0.15, 0.2) is 0 Å². The van der Waals surface area contributed by atoms with Gasteiger partial charge in [0.05, 0.1) is 11.2 Å². The molecule has 2 aliphatic rings. The second kappa shape index (κ2) is 10.3. The molecule has 0 unspecified atom stereocenters. The summed E-state index contributed by atoms with van der Waals surface area (Å²) in [7, 11) is 2.18. The van der Waals surface area contributed by atoms with Crippen molar-refractivity contribution in [2.45, 2.75) is 26.7 Å². The number of aldehydes is 1. The van der Waals surface area contributed by atoms with E-state index in [1.54, 1.807) is 0 Å². The van der Waals surface area contributed by atoms with Gasteiger partial charge in [-0.15, -0.1) is 0 Å². The third kappa shape index (κ3) is 5.39. The minimum Gasteiger partial charge on any atom is -0.399 e. The molecule has 3 aromatic rings. The zero-order valence-corrected chi connectivity index (χ0v) is 18.3. The lowest BCUT2D eigenvalue weighted by atomic mass is 10.1. The first-order valence-corrected chi connectivity index (χ1v) is 10.9. The van der Waals surface area contributed by atoms with Crippen molar-refractivity contribution in [1.82, 2.24) is 14.5 Å². The summed E-state index contributed by atoms with van der Waals surface area (Å²) >= 11 is 0. The maximum atomic E-state index is 9.57. The average molecular weight is 408 g/mol. The van der Waals surface area contributed by atoms with E-state index < -0.39 is 0 Å². The second-order valence-corrected chi connectivity index (χ2v) is 7.66. The number of carbonyl (C=O) groups is 1. The molecule has 1 aliphatic heterocycles. The highest BCUT2D eigenvalue weighted by Crippen LogP contribution is 2.29. The maximum absolute atomic E-state index is 9.57. The SMILES string of the molecule is CC.CN1CCN(c2ccnn3cc(-c4ccc(N)cc4)cc23)CC1.O=CC1CC1. The number of nitrogen functional groups attached to an aromatic ring is 1. The van der Waals surface area contributed by atoms with Gasteiger partial charge in [0, 0.05) is 55.7 Å². The number of piperazine rings is 1. The second-order valence-electron chi connectivity index (χ2n) is 7.66. The number of anilines is 2. The largest absolute Gasteiger partial charge is 0.399 e. The van der Waals surface area contributed by atoms with Crippen LogP contribution in [0.4, 0.5) is 11.4 Å². The number of hydrogen-bond donors (Lipinski definition) is 1. The van der Waals surface area contributed by atoms with E-state index in [9.17, 15) is 4.79 Å². The van der Waals surface area contributed by atoms with Crippen LogP contribution in [0.3, 0.4) is 0 Å². The molecule has 0 bridgehead atoms. The Morgan fingerprint density at radius 1 is 1.00 bits per heavy atom. The van der Waals surface area contributed by atoms with Crippen LogP contribution >= 0.6 is 0 Å². The molecule has 0 amide bonds. The highest BCUT2D eigenvalue weighted by Gasteiger charge is 2.19. The lowest BCUT2D eigenvalue weighted by Crippen LogP contribution is -2.44. The van der Waals surface area contributed by atoms with Crippen molar-refractivity contribution >= 4 is 23.2 Å². The summed E-state index contributed by atoms with van der Waals surface area (Å²) < 4.78 is 1.97. The van der Waals surface area contributed by atoms with Gasteiger partial charge in [-0.25, -0.2) is 4.52 Å². The quantitative estimate of drug-likeness (QED) is 0.526. The molecule has 0 radical (unpaired) electrons. The van der Waals surface area contributed by atoms with Crippen LogP contribution in [0.5, 0.6) is 0 Å². The fourth-order valence-electron chi connectivity index (χ4n) is 3.38. The van der Waals surface area contributed by atoms with Crippen LogP contribution in [0.2, 0.25) is 0 Å². The zero-order chi connectivity index (χ0) is 21.5. The molecule has 2 fully saturated rings. The van der Waals surface area contributed by atoms with Gasteiger partial charge in [-0.2, -0.15) is 5.10 Å². The molecule has 1 saturated carbocycles. The maximum Gasteiger partial charge on any atom is 0.123 e. The normalized spacial score (nSPS) is 16.3. The van der Waals surface area contributed by atoms with E-state index in [1.807, 2.05) is 36.7 Å². The number of carbonyl (C=O) groups excluding carboxylic acids is 1. The zero-order valence-electron chi connectivity index (χ0n) is 18.3. The smallest absolute Gasteiger partial charge is 0.123 e. The first-order chi connectivity index (χ1) is 14.6. The van der Waals surface area contributed by atoms with Crippen LogP contribution in [-0.2, 0) is 4.79 Å². The Balaban J connectivity index is 0.000000316. The number of benzene rings is 1. The Hall–Kier alpha value is -2.86. The fourth-order valence-corrected chi connectivity index (χ4v) is 3.38. The van der Waals surface area contributed by atoms with Gasteiger partial charge in [-0.3, -0.25) is 0 Å². The summed E-state index contributed by atoms with van der Waals surface area (Å²) in [5, 5.41) is 4.47. The monoisotopic (exact) mass is 407 g/mol. The van der Waals surface area contributed by atoms with Crippen LogP contribution in [0.25, 0.3) is 16.6 Å². The Morgan fingerprint density at radius 2 is 1.67 bits per heavy atom. The van der Waals surface area contributed by atoms with E-state index in [0.29, 0.717) is 5.92 Å². The number of hydrogen-bond acceptors (Lipinski definition) is 5. The van der Waals surface area contributed by atoms with Gasteiger partial charge >= 0.3 is 0 Å². The molecule has 160 valence electrons. The molecule has 1 aliphatic carbocycles. The summed E-state index contributed by atoms with van der Waals surface area (Å²) in [6.45, 7) is 8.30. The Kier molecular flexibility index (Phi) is 7.46. The number of rotatable bonds is 3. The molecule has 6 heteroatoms. The predicted molar refractivity (Wildman–Crippen MR) is 125 cm³/mol. The molecular formula is C24H33N5O. The van der Waals surface area contributed by atoms with Crippen LogP contribution < -0.4 is 10.6 Å². The molecule has 3 heterocycles. The highest BCUT2D eigenvalue weighted by molar-refractivity contribution is 5.80. The number of fused-ring (bicyclic) bond motifs is 1. The number of likely N-dealkylation sites (N-methyl/N-ethyl adjacent to an activating group) is 1. The molecule has 1 aromatic carbocycles. The van der Waals surface area contributed by atoms with Crippen LogP contribution in [0.1, 0.15) is 26.7 Å². The Bertz CT molecular complexity index is 938. The van der Waals surface area contributed by atoms with E-state index in [0.717, 1.165) is 62.1 Å². The third-order valence-corrected chi connectivity index (χ3v) is 5.39. The standard InChI is InChI=1S/C18H21N5.C4H6O.C2H6/c1-21-8-10-22(11-9-21)17-6-7-20-23-13-15(12-18(17)23)14-2-4-16(19)5-3-14;5-3-4-1-2-4;1-2/h2-7,12-13H,8-11,19H2,1H3;3-4H,1-2H2;1-2H3. The van der Waals surface area contributed by atoms with E-state index in [-0.39, 0.29) is 0 Å². The van der Waals surface area contributed by atoms with E-state index in [1.165, 1.54) is 11.3 Å². The lowest BCUT2D eigenvalue weighted by molar-refractivity contribution is -0.108. The molecule has 1 saturated heterocycles. The van der Waals surface area contributed by atoms with Crippen molar-refractivity contribution in [3.8, 4) is 11.1 Å². The summed E-state index contributed by atoms with van der Waals surface area (Å²) in [5.41, 5.74) is 11.3. The summed E-state index contributed by atoms with van der Waals surface area (Å²) in [6, 6.07) is 12.3. The molecule has 0 spiro atoms. The highest BCUT2D eigenvalue weighted by atomic mass is 16.1. The van der Waals surface area contributed by atoms with E-state index >= 15 is 0 Å². The molecular weight excluding hydrogens is 374 g/mol. The van der Waals surface area contributed by atoms with Crippen LogP contribution in [0.15, 0.2) is 48.8 Å². The van der Waals surface area contributed by atoms with Crippen LogP contribution in [0, 0.1) is 5.92 Å². The minimum atomic E-state index is 0.454. The van der Waals surface area contributed by atoms with Crippen molar-refractivity contribution in [3.05, 3.63) is 48.8 Å². The van der Waals surface area contributed by atoms with Crippen molar-refractivity contribution in [1.29, 1.82) is 0 Å². The minimum absolute atomic E-state index is 0.454. The van der Waals surface area contributed by atoms with Gasteiger partial charge in [0.1, 0.15) is 6.29 Å². The first-order valence-electron chi connectivity index (χ1n) is 10.9. The predicted octanol–water partition coefficient (Wildman–Crippen LogP) is 3.96. The van der Waals surface area contributed by atoms with Gasteiger partial charge < -0.3 is 20.3 Å². The summed E-state index contributed by atoms with van der Waals surface area (Å²) in [6.07, 6.45) is 7.28. The Morgan fingerprint density at radius 3 is 2.23 bits per heavy atom. The molecule has 30 heavy (non-hydrogen) atoms. The number of aromatic nitrogens is 2. The van der Waals surface area contributed by atoms with E-state index in [2.05, 4.69) is 52.4 Å². The van der Waals surface area contributed by atoms with Gasteiger partial charge in [-0.1, -0.05) is 26.0 Å². The van der Waals surface area contributed by atoms with Gasteiger partial charge in [0.2, 0.25) is 0 Å². The van der Waals surface area contributed by atoms with Gasteiger partial charge in [-0.05, 0) is 49.7 Å². The van der Waals surface area contributed by atoms with Crippen LogP contribution in [-0.4, -0.2) is 54.0 Å².